The summed E-state index contributed by atoms with van der Waals surface area (Å²) in [5.74, 6) is -0.934. The van der Waals surface area contributed by atoms with Crippen LogP contribution in [0.25, 0.3) is 0 Å². The van der Waals surface area contributed by atoms with E-state index in [0.29, 0.717) is 29.1 Å². The Hall–Kier alpha value is -3.61. The van der Waals surface area contributed by atoms with Crippen LogP contribution in [0.15, 0.2) is 60.8 Å². The molecular weight excluding hydrogens is 619 g/mol. The van der Waals surface area contributed by atoms with Crippen LogP contribution in [0.2, 0.25) is 10.0 Å². The summed E-state index contributed by atoms with van der Waals surface area (Å²) in [4.78, 5) is 17.3. The van der Waals surface area contributed by atoms with Gasteiger partial charge < -0.3 is 23.1 Å². The summed E-state index contributed by atoms with van der Waals surface area (Å²) in [5, 5.41) is 1.02. The van der Waals surface area contributed by atoms with Crippen molar-refractivity contribution in [3.8, 4) is 23.0 Å². The van der Waals surface area contributed by atoms with Gasteiger partial charge in [-0.15, -0.1) is 0 Å². The van der Waals surface area contributed by atoms with Crippen LogP contribution in [-0.2, 0) is 21.3 Å². The molecule has 224 valence electrons. The number of ether oxygens (including phenoxy) is 4. The molecule has 0 radical (unpaired) electrons. The van der Waals surface area contributed by atoms with Crippen LogP contribution >= 0.6 is 23.2 Å². The Morgan fingerprint density at radius 3 is 2.38 bits per heavy atom. The highest BCUT2D eigenvalue weighted by molar-refractivity contribution is 7.90. The zero-order valence-corrected chi connectivity index (χ0v) is 24.4. The summed E-state index contributed by atoms with van der Waals surface area (Å²) < 4.78 is 76.4. The highest BCUT2D eigenvalue weighted by Crippen LogP contribution is 2.38. The van der Waals surface area contributed by atoms with Gasteiger partial charge in [0.15, 0.2) is 23.0 Å². The van der Waals surface area contributed by atoms with E-state index in [-0.39, 0.29) is 45.0 Å². The molecule has 1 fully saturated rings. The number of hydrogen-bond donors (Lipinski definition) is 0. The van der Waals surface area contributed by atoms with E-state index in [2.05, 4.69) is 16.3 Å². The van der Waals surface area contributed by atoms with Crippen molar-refractivity contribution in [3.63, 3.8) is 0 Å². The van der Waals surface area contributed by atoms with Gasteiger partial charge in [0.25, 0.3) is 0 Å². The molecule has 4 rings (SSSR count). The molecule has 1 atom stereocenters. The first kappa shape index (κ1) is 31.3. The maximum absolute atomic E-state index is 13.4. The Kier molecular flexibility index (Phi) is 10.1. The summed E-state index contributed by atoms with van der Waals surface area (Å²) in [6.45, 7) is 0.410. The van der Waals surface area contributed by atoms with Crippen LogP contribution in [0.4, 0.5) is 8.78 Å². The average molecular weight is 644 g/mol. The molecule has 0 N–H and O–H groups in total. The Morgan fingerprint density at radius 2 is 1.76 bits per heavy atom. The summed E-state index contributed by atoms with van der Waals surface area (Å²) >= 11 is 12.7. The Bertz CT molecular complexity index is 1550. The van der Waals surface area contributed by atoms with Crippen LogP contribution in [0.1, 0.15) is 40.4 Å². The number of methoxy groups -OCH3 is 1. The lowest BCUT2D eigenvalue weighted by Crippen LogP contribution is -2.16. The van der Waals surface area contributed by atoms with Crippen molar-refractivity contribution in [3.05, 3.63) is 87.5 Å². The van der Waals surface area contributed by atoms with E-state index in [1.807, 2.05) is 0 Å². The topological polar surface area (TPSA) is 110 Å². The maximum atomic E-state index is 13.4. The number of benzene rings is 2. The van der Waals surface area contributed by atoms with Crippen molar-refractivity contribution in [1.82, 2.24) is 4.98 Å². The number of esters is 1. The molecule has 1 heterocycles. The lowest BCUT2D eigenvalue weighted by atomic mass is 10.0. The standard InChI is InChI=1S/C28H25Cl2F2NO8S/c1-3-42(35,36)41-26-11-18(7-8-22(26)37-2)27(34)39-24(12-19-20(29)13-33-14-21(19)30)17-6-9-23(40-28(31)32)25(10-17)38-15-16-4-5-16/h3,6-11,13-14,16,24,28H,1,4-5,12,15H2,2H3/t24-/m0/s1. The Balaban J connectivity index is 1.70. The van der Waals surface area contributed by atoms with Gasteiger partial charge in [-0.1, -0.05) is 35.8 Å². The van der Waals surface area contributed by atoms with Crippen LogP contribution < -0.4 is 18.4 Å². The van der Waals surface area contributed by atoms with E-state index in [1.54, 1.807) is 0 Å². The van der Waals surface area contributed by atoms with Gasteiger partial charge in [-0.3, -0.25) is 4.98 Å². The van der Waals surface area contributed by atoms with E-state index in [9.17, 15) is 22.0 Å². The fourth-order valence-corrected chi connectivity index (χ4v) is 4.76. The number of carbonyl (C=O) groups is 1. The molecule has 1 aromatic heterocycles. The zero-order chi connectivity index (χ0) is 30.4. The molecule has 0 saturated heterocycles. The fourth-order valence-electron chi connectivity index (χ4n) is 3.79. The lowest BCUT2D eigenvalue weighted by Gasteiger charge is -2.22. The number of alkyl halides is 2. The van der Waals surface area contributed by atoms with Crippen molar-refractivity contribution < 1.29 is 45.1 Å². The third-order valence-corrected chi connectivity index (χ3v) is 7.60. The molecule has 1 aliphatic rings. The molecular formula is C28H25Cl2F2NO8S. The second kappa shape index (κ2) is 13.6. The van der Waals surface area contributed by atoms with Gasteiger partial charge in [0.2, 0.25) is 0 Å². The smallest absolute Gasteiger partial charge is 0.387 e. The molecule has 14 heteroatoms. The van der Waals surface area contributed by atoms with E-state index in [4.69, 9.17) is 41.6 Å². The monoisotopic (exact) mass is 643 g/mol. The van der Waals surface area contributed by atoms with Gasteiger partial charge in [0.05, 0.1) is 34.7 Å². The highest BCUT2D eigenvalue weighted by atomic mass is 35.5. The predicted octanol–water partition coefficient (Wildman–Crippen LogP) is 6.78. The van der Waals surface area contributed by atoms with Gasteiger partial charge in [0.1, 0.15) is 6.10 Å². The first-order valence-corrected chi connectivity index (χ1v) is 14.7. The molecule has 0 aliphatic heterocycles. The van der Waals surface area contributed by atoms with Gasteiger partial charge in [-0.2, -0.15) is 17.2 Å². The zero-order valence-electron chi connectivity index (χ0n) is 22.1. The number of aromatic nitrogens is 1. The average Bonchev–Trinajstić information content (AvgIpc) is 3.78. The molecule has 2 aromatic carbocycles. The number of nitrogens with zero attached hydrogens (tertiary/aromatic N) is 1. The maximum Gasteiger partial charge on any atom is 0.387 e. The van der Waals surface area contributed by atoms with Gasteiger partial charge in [0, 0.05) is 24.9 Å². The number of halogens is 4. The molecule has 0 spiro atoms. The van der Waals surface area contributed by atoms with Crippen LogP contribution in [0.3, 0.4) is 0 Å². The molecule has 1 saturated carbocycles. The molecule has 3 aromatic rings. The Labute approximate surface area is 251 Å². The van der Waals surface area contributed by atoms with E-state index >= 15 is 0 Å². The minimum absolute atomic E-state index is 0.0343. The van der Waals surface area contributed by atoms with Crippen LogP contribution in [-0.4, -0.2) is 39.7 Å². The number of pyridine rings is 1. The Morgan fingerprint density at radius 1 is 1.07 bits per heavy atom. The lowest BCUT2D eigenvalue weighted by molar-refractivity contribution is -0.0515. The predicted molar refractivity (Wildman–Crippen MR) is 150 cm³/mol. The largest absolute Gasteiger partial charge is 0.493 e. The van der Waals surface area contributed by atoms with Crippen molar-refractivity contribution in [2.45, 2.75) is 32.0 Å². The normalized spacial score (nSPS) is 13.8. The number of hydrogen-bond acceptors (Lipinski definition) is 9. The summed E-state index contributed by atoms with van der Waals surface area (Å²) in [5.41, 5.74) is 0.694. The third kappa shape index (κ3) is 8.24. The third-order valence-electron chi connectivity index (χ3n) is 6.13. The summed E-state index contributed by atoms with van der Waals surface area (Å²) in [6, 6.07) is 8.00. The SMILES string of the molecule is C=CS(=O)(=O)Oc1cc(C(=O)O[C@@H](Cc2c(Cl)cncc2Cl)c2ccc(OC(F)F)c(OCC3CC3)c2)ccc1OC. The first-order valence-electron chi connectivity index (χ1n) is 12.4. The highest BCUT2D eigenvalue weighted by Gasteiger charge is 2.27. The minimum atomic E-state index is -4.17. The van der Waals surface area contributed by atoms with Crippen LogP contribution in [0.5, 0.6) is 23.0 Å². The number of carbonyl (C=O) groups excluding carboxylic acids is 1. The van der Waals surface area contributed by atoms with Crippen molar-refractivity contribution >= 4 is 39.3 Å². The van der Waals surface area contributed by atoms with Gasteiger partial charge in [-0.05, 0) is 54.2 Å². The van der Waals surface area contributed by atoms with E-state index in [0.717, 1.165) is 18.9 Å². The molecule has 0 bridgehead atoms. The molecule has 0 amide bonds. The van der Waals surface area contributed by atoms with E-state index < -0.39 is 28.8 Å². The fraction of sp³-hybridized carbons (Fsp3) is 0.286. The summed E-state index contributed by atoms with van der Waals surface area (Å²) in [6.07, 6.45) is 3.57. The number of rotatable bonds is 14. The van der Waals surface area contributed by atoms with Crippen molar-refractivity contribution in [2.75, 3.05) is 13.7 Å². The van der Waals surface area contributed by atoms with Gasteiger partial charge >= 0.3 is 22.7 Å². The second-order valence-electron chi connectivity index (χ2n) is 9.13. The van der Waals surface area contributed by atoms with Crippen molar-refractivity contribution in [2.24, 2.45) is 5.92 Å². The second-order valence-corrected chi connectivity index (χ2v) is 11.4. The molecule has 9 nitrogen and oxygen atoms in total. The molecule has 1 aliphatic carbocycles. The van der Waals surface area contributed by atoms with Gasteiger partial charge in [-0.25, -0.2) is 4.79 Å². The molecule has 0 unspecified atom stereocenters. The van der Waals surface area contributed by atoms with E-state index in [1.165, 1.54) is 49.8 Å². The quantitative estimate of drug-likeness (QED) is 0.139. The minimum Gasteiger partial charge on any atom is -0.493 e. The van der Waals surface area contributed by atoms with Crippen molar-refractivity contribution in [1.29, 1.82) is 0 Å². The molecule has 42 heavy (non-hydrogen) atoms. The van der Waals surface area contributed by atoms with Crippen LogP contribution in [0, 0.1) is 5.92 Å². The summed E-state index contributed by atoms with van der Waals surface area (Å²) in [7, 11) is -2.88. The first-order chi connectivity index (χ1) is 20.0.